The number of amidine groups is 1. The molecule has 114 valence electrons. The van der Waals surface area contributed by atoms with Crippen molar-refractivity contribution in [3.8, 4) is 0 Å². The minimum Gasteiger partial charge on any atom is -0.305 e. The van der Waals surface area contributed by atoms with Gasteiger partial charge in [-0.2, -0.15) is 10.1 Å². The molecular formula is C16H16N7+. The van der Waals surface area contributed by atoms with E-state index in [-0.39, 0.29) is 4.59 Å². The van der Waals surface area contributed by atoms with Crippen LogP contribution in [0.4, 0.5) is 11.5 Å². The molecule has 4 rings (SSSR count). The summed E-state index contributed by atoms with van der Waals surface area (Å²) in [6.07, 6.45) is 5.39. The second kappa shape index (κ2) is 4.99. The molecule has 0 saturated heterocycles. The third-order valence-corrected chi connectivity index (χ3v) is 3.77. The van der Waals surface area contributed by atoms with Gasteiger partial charge in [-0.3, -0.25) is 9.67 Å². The topological polar surface area (TPSA) is 66.9 Å². The molecule has 0 spiro atoms. The molecule has 0 fully saturated rings. The molecule has 3 heterocycles. The lowest BCUT2D eigenvalue weighted by atomic mass is 10.2. The van der Waals surface area contributed by atoms with Gasteiger partial charge in [0.15, 0.2) is 11.9 Å². The number of hydrogen-bond donors (Lipinski definition) is 1. The van der Waals surface area contributed by atoms with Crippen molar-refractivity contribution in [3.63, 3.8) is 0 Å². The number of aryl methyl sites for hydroxylation is 2. The van der Waals surface area contributed by atoms with Gasteiger partial charge in [-0.25, -0.2) is 0 Å². The fourth-order valence-corrected chi connectivity index (χ4v) is 2.71. The number of guanidine groups is 1. The smallest absolute Gasteiger partial charge is 0.288 e. The minimum atomic E-state index is 0.184. The Morgan fingerprint density at radius 2 is 2.00 bits per heavy atom. The van der Waals surface area contributed by atoms with Crippen molar-refractivity contribution in [3.05, 3.63) is 54.5 Å². The van der Waals surface area contributed by atoms with Crippen LogP contribution >= 0.6 is 0 Å². The molecule has 1 atom stereocenters. The zero-order valence-corrected chi connectivity index (χ0v) is 12.9. The molecule has 2 aliphatic heterocycles. The molecule has 1 aromatic heterocycles. The summed E-state index contributed by atoms with van der Waals surface area (Å²) in [5, 5.41) is 12.3. The van der Waals surface area contributed by atoms with E-state index in [1.165, 1.54) is 0 Å². The number of rotatable bonds is 2. The van der Waals surface area contributed by atoms with E-state index in [1.54, 1.807) is 17.1 Å². The normalized spacial score (nSPS) is 21.8. The van der Waals surface area contributed by atoms with Gasteiger partial charge in [0.2, 0.25) is 0 Å². The lowest BCUT2D eigenvalue weighted by Crippen LogP contribution is -2.44. The third-order valence-electron chi connectivity index (χ3n) is 3.77. The molecular weight excluding hydrogens is 290 g/mol. The Balaban J connectivity index is 1.76. The summed E-state index contributed by atoms with van der Waals surface area (Å²) in [4.78, 5) is 8.77. The van der Waals surface area contributed by atoms with E-state index in [4.69, 9.17) is 5.10 Å². The first-order valence-electron chi connectivity index (χ1n) is 7.30. The van der Waals surface area contributed by atoms with Crippen LogP contribution in [0.5, 0.6) is 0 Å². The summed E-state index contributed by atoms with van der Waals surface area (Å²) in [6, 6.07) is 12.0. The first-order valence-corrected chi connectivity index (χ1v) is 7.30. The fourth-order valence-electron chi connectivity index (χ4n) is 2.71. The number of nitrogens with one attached hydrogen (secondary N) is 1. The van der Waals surface area contributed by atoms with Gasteiger partial charge in [-0.1, -0.05) is 22.8 Å². The lowest BCUT2D eigenvalue weighted by Gasteiger charge is -2.23. The van der Waals surface area contributed by atoms with Crippen LogP contribution in [0.3, 0.4) is 0 Å². The Kier molecular flexibility index (Phi) is 2.95. The van der Waals surface area contributed by atoms with Gasteiger partial charge in [0.1, 0.15) is 12.0 Å². The van der Waals surface area contributed by atoms with Crippen molar-refractivity contribution in [1.82, 2.24) is 14.4 Å². The molecule has 7 nitrogen and oxygen atoms in total. The Bertz CT molecular complexity index is 873. The van der Waals surface area contributed by atoms with Crippen LogP contribution < -0.4 is 9.91 Å². The van der Waals surface area contributed by atoms with Crippen LogP contribution in [-0.2, 0) is 7.05 Å². The molecule has 0 radical (unpaired) electrons. The van der Waals surface area contributed by atoms with Crippen LogP contribution in [0, 0.1) is 6.92 Å². The number of anilines is 1. The maximum atomic E-state index is 4.78. The zero-order valence-electron chi connectivity index (χ0n) is 12.9. The Hall–Kier alpha value is -3.06. The molecule has 1 N–H and O–H groups in total. The third kappa shape index (κ3) is 2.18. The molecule has 2 aliphatic rings. The second-order valence-electron chi connectivity index (χ2n) is 5.41. The van der Waals surface area contributed by atoms with Crippen LogP contribution in [0.1, 0.15) is 5.69 Å². The molecule has 0 aliphatic carbocycles. The number of nitrogens with zero attached hydrogens (tertiary/aromatic N) is 6. The second-order valence-corrected chi connectivity index (χ2v) is 5.41. The Morgan fingerprint density at radius 1 is 1.17 bits per heavy atom. The first kappa shape index (κ1) is 13.6. The average Bonchev–Trinajstić information content (AvgIpc) is 3.08. The van der Waals surface area contributed by atoms with Crippen molar-refractivity contribution in [1.29, 1.82) is 0 Å². The van der Waals surface area contributed by atoms with E-state index in [2.05, 4.69) is 20.4 Å². The van der Waals surface area contributed by atoms with E-state index in [9.17, 15) is 0 Å². The van der Waals surface area contributed by atoms with Gasteiger partial charge in [0.25, 0.3) is 11.8 Å². The molecule has 1 aromatic carbocycles. The maximum absolute atomic E-state index is 4.78. The summed E-state index contributed by atoms with van der Waals surface area (Å²) in [5.74, 6) is 2.13. The van der Waals surface area contributed by atoms with E-state index >= 15 is 0 Å². The Morgan fingerprint density at radius 3 is 2.74 bits per heavy atom. The molecule has 1 unspecified atom stereocenters. The largest absolute Gasteiger partial charge is 0.305 e. The molecule has 23 heavy (non-hydrogen) atoms. The lowest BCUT2D eigenvalue weighted by molar-refractivity contribution is 0.592. The van der Waals surface area contributed by atoms with E-state index in [0.717, 1.165) is 23.0 Å². The average molecular weight is 306 g/mol. The number of aliphatic imine (C=N–C) groups is 2. The van der Waals surface area contributed by atoms with Gasteiger partial charge in [-0.05, 0) is 12.0 Å². The summed E-state index contributed by atoms with van der Waals surface area (Å²) in [7, 11) is 1.88. The highest BCUT2D eigenvalue weighted by atomic mass is 15.7. The molecule has 0 bridgehead atoms. The first-order chi connectivity index (χ1) is 11.2. The number of fused-ring (bicyclic) bond motifs is 1. The number of aromatic nitrogens is 2. The van der Waals surface area contributed by atoms with E-state index in [0.29, 0.717) is 5.96 Å². The highest BCUT2D eigenvalue weighted by molar-refractivity contribution is 6.38. The monoisotopic (exact) mass is 306 g/mol. The van der Waals surface area contributed by atoms with Gasteiger partial charge in [-0.15, -0.1) is 0 Å². The fraction of sp³-hybridized carbons (Fsp3) is 0.125. The van der Waals surface area contributed by atoms with Crippen LogP contribution in [0.2, 0.25) is 0 Å². The van der Waals surface area contributed by atoms with Gasteiger partial charge in [0, 0.05) is 25.2 Å². The Labute approximate surface area is 133 Å². The van der Waals surface area contributed by atoms with Crippen LogP contribution in [0.15, 0.2) is 63.9 Å². The predicted octanol–water partition coefficient (Wildman–Crippen LogP) is 2.39. The highest BCUT2D eigenvalue weighted by Crippen LogP contribution is 2.30. The molecule has 0 saturated carbocycles. The van der Waals surface area contributed by atoms with E-state index in [1.807, 2.05) is 56.6 Å². The van der Waals surface area contributed by atoms with Crippen molar-refractivity contribution in [2.24, 2.45) is 22.1 Å². The van der Waals surface area contributed by atoms with Crippen molar-refractivity contribution >= 4 is 29.5 Å². The highest BCUT2D eigenvalue weighted by Gasteiger charge is 2.42. The van der Waals surface area contributed by atoms with Crippen molar-refractivity contribution in [2.75, 3.05) is 5.32 Å². The van der Waals surface area contributed by atoms with Crippen molar-refractivity contribution < 1.29 is 0 Å². The van der Waals surface area contributed by atoms with Crippen LogP contribution in [-0.4, -0.2) is 27.8 Å². The molecule has 7 heteroatoms. The molecule has 2 aromatic rings. The number of benzene rings is 1. The number of quaternary nitrogens is 1. The minimum absolute atomic E-state index is 0.184. The van der Waals surface area contributed by atoms with Gasteiger partial charge < -0.3 is 5.32 Å². The quantitative estimate of drug-likeness (QED) is 0.866. The summed E-state index contributed by atoms with van der Waals surface area (Å²) >= 11 is 0. The van der Waals surface area contributed by atoms with E-state index < -0.39 is 0 Å². The zero-order chi connectivity index (χ0) is 15.9. The molecule has 0 amide bonds. The van der Waals surface area contributed by atoms with Gasteiger partial charge in [0.05, 0.1) is 11.9 Å². The number of para-hydroxylation sites is 1. The predicted molar refractivity (Wildman–Crippen MR) is 92.3 cm³/mol. The maximum Gasteiger partial charge on any atom is 0.288 e. The summed E-state index contributed by atoms with van der Waals surface area (Å²) < 4.78 is 1.95. The van der Waals surface area contributed by atoms with Gasteiger partial charge >= 0.3 is 0 Å². The summed E-state index contributed by atoms with van der Waals surface area (Å²) in [5.41, 5.74) is 1.94. The van der Waals surface area contributed by atoms with Crippen LogP contribution in [0.25, 0.3) is 0 Å². The van der Waals surface area contributed by atoms with Crippen molar-refractivity contribution in [2.45, 2.75) is 6.92 Å². The SMILES string of the molecule is Cc1cc(NC2=N[N+]3(c4ccccc4)C=CN=CC3=N2)n(C)n1. The standard InChI is InChI=1S/C16H16N7/c1-12-10-14(22(2)20-12)18-16-19-15-11-17-8-9-23(15,21-16)13-6-4-3-5-7-13/h3-11H,1-2H3,(H,18,21)/q+1. The summed E-state index contributed by atoms with van der Waals surface area (Å²) in [6.45, 7) is 1.95. The number of hydrogen-bond acceptors (Lipinski definition) is 5.